The van der Waals surface area contributed by atoms with Crippen molar-refractivity contribution in [1.82, 2.24) is 9.97 Å². The van der Waals surface area contributed by atoms with Crippen LogP contribution in [0.15, 0.2) is 54.2 Å². The number of hydrogen-bond donors (Lipinski definition) is 2. The van der Waals surface area contributed by atoms with E-state index >= 15 is 0 Å². The number of pyridine rings is 1. The molecular weight excluding hydrogens is 284 g/mol. The molecule has 1 aromatic carbocycles. The quantitative estimate of drug-likeness (QED) is 0.778. The predicted molar refractivity (Wildman–Crippen MR) is 84.2 cm³/mol. The van der Waals surface area contributed by atoms with Gasteiger partial charge in [-0.05, 0) is 24.3 Å². The molecule has 0 bridgehead atoms. The Morgan fingerprint density at radius 3 is 2.86 bits per heavy atom. The molecule has 3 rings (SSSR count). The smallest absolute Gasteiger partial charge is 0.257 e. The zero-order valence-corrected chi connectivity index (χ0v) is 11.8. The van der Waals surface area contributed by atoms with Gasteiger partial charge in [-0.15, -0.1) is 11.3 Å². The molecule has 0 fully saturated rings. The Labute approximate surface area is 125 Å². The normalized spacial score (nSPS) is 10.3. The van der Waals surface area contributed by atoms with E-state index in [1.165, 1.54) is 17.5 Å². The van der Waals surface area contributed by atoms with E-state index in [2.05, 4.69) is 15.3 Å². The fourth-order valence-electron chi connectivity index (χ4n) is 1.88. The van der Waals surface area contributed by atoms with E-state index in [0.717, 1.165) is 11.3 Å². The van der Waals surface area contributed by atoms with Crippen molar-refractivity contribution in [1.29, 1.82) is 0 Å². The molecule has 0 atom stereocenters. The molecule has 0 aliphatic carbocycles. The van der Waals surface area contributed by atoms with Crippen LogP contribution >= 0.6 is 11.3 Å². The van der Waals surface area contributed by atoms with E-state index in [4.69, 9.17) is 5.73 Å². The largest absolute Gasteiger partial charge is 0.375 e. The maximum atomic E-state index is 12.1. The minimum Gasteiger partial charge on any atom is -0.375 e. The lowest BCUT2D eigenvalue weighted by molar-refractivity contribution is 0.102. The van der Waals surface area contributed by atoms with Crippen LogP contribution in [0.25, 0.3) is 11.3 Å². The van der Waals surface area contributed by atoms with Crippen molar-refractivity contribution < 1.29 is 4.79 Å². The Morgan fingerprint density at radius 1 is 1.24 bits per heavy atom. The molecule has 3 aromatic rings. The van der Waals surface area contributed by atoms with Crippen molar-refractivity contribution >= 4 is 28.1 Å². The third-order valence-corrected chi connectivity index (χ3v) is 3.54. The van der Waals surface area contributed by atoms with Crippen molar-refractivity contribution in [3.63, 3.8) is 0 Å². The summed E-state index contributed by atoms with van der Waals surface area (Å²) in [6.07, 6.45) is 3.16. The number of rotatable bonds is 3. The number of thiazole rings is 1. The van der Waals surface area contributed by atoms with Crippen LogP contribution in [0, 0.1) is 0 Å². The van der Waals surface area contributed by atoms with Gasteiger partial charge < -0.3 is 11.1 Å². The molecule has 104 valence electrons. The third kappa shape index (κ3) is 3.06. The summed E-state index contributed by atoms with van der Waals surface area (Å²) >= 11 is 1.39. The molecule has 0 saturated heterocycles. The minimum atomic E-state index is -0.196. The highest BCUT2D eigenvalue weighted by atomic mass is 32.1. The van der Waals surface area contributed by atoms with Gasteiger partial charge in [-0.1, -0.05) is 12.1 Å². The van der Waals surface area contributed by atoms with E-state index < -0.39 is 0 Å². The first kappa shape index (κ1) is 13.3. The number of nitrogen functional groups attached to an aromatic ring is 1. The monoisotopic (exact) mass is 296 g/mol. The summed E-state index contributed by atoms with van der Waals surface area (Å²) in [5.74, 6) is -0.196. The molecule has 6 heteroatoms. The highest BCUT2D eigenvalue weighted by Gasteiger charge is 2.07. The topological polar surface area (TPSA) is 80.9 Å². The van der Waals surface area contributed by atoms with Gasteiger partial charge in [-0.25, -0.2) is 4.98 Å². The number of amides is 1. The molecule has 5 nitrogen and oxygen atoms in total. The predicted octanol–water partition coefficient (Wildman–Crippen LogP) is 3.04. The molecule has 0 radical (unpaired) electrons. The Morgan fingerprint density at radius 2 is 2.14 bits per heavy atom. The van der Waals surface area contributed by atoms with Gasteiger partial charge >= 0.3 is 0 Å². The molecule has 2 aromatic heterocycles. The Balaban J connectivity index is 1.82. The fraction of sp³-hybridized carbons (Fsp3) is 0. The Bertz CT molecular complexity index is 770. The van der Waals surface area contributed by atoms with Crippen molar-refractivity contribution in [2.24, 2.45) is 0 Å². The van der Waals surface area contributed by atoms with Gasteiger partial charge in [0.15, 0.2) is 5.13 Å². The number of carbonyl (C=O) groups excluding carboxylic acids is 1. The molecule has 0 spiro atoms. The number of anilines is 2. The zero-order chi connectivity index (χ0) is 14.7. The second-order valence-electron chi connectivity index (χ2n) is 4.35. The number of hydrogen-bond acceptors (Lipinski definition) is 5. The molecule has 0 saturated carbocycles. The minimum absolute atomic E-state index is 0.196. The highest BCUT2D eigenvalue weighted by Crippen LogP contribution is 2.25. The lowest BCUT2D eigenvalue weighted by atomic mass is 10.1. The lowest BCUT2D eigenvalue weighted by Crippen LogP contribution is -2.11. The summed E-state index contributed by atoms with van der Waals surface area (Å²) in [4.78, 5) is 20.2. The first-order valence-corrected chi connectivity index (χ1v) is 7.13. The van der Waals surface area contributed by atoms with E-state index in [-0.39, 0.29) is 5.91 Å². The summed E-state index contributed by atoms with van der Waals surface area (Å²) in [6.45, 7) is 0. The standard InChI is InChI=1S/C15H12N4OS/c16-15-19-13(9-21-15)10-3-1-5-12(7-10)18-14(20)11-4-2-6-17-8-11/h1-9H,(H2,16,19)(H,18,20). The van der Waals surface area contributed by atoms with Gasteiger partial charge in [0.2, 0.25) is 0 Å². The summed E-state index contributed by atoms with van der Waals surface area (Å²) < 4.78 is 0. The van der Waals surface area contributed by atoms with Crippen LogP contribution in [0.5, 0.6) is 0 Å². The molecule has 21 heavy (non-hydrogen) atoms. The second-order valence-corrected chi connectivity index (χ2v) is 5.24. The zero-order valence-electron chi connectivity index (χ0n) is 11.0. The molecule has 0 aliphatic heterocycles. The van der Waals surface area contributed by atoms with Crippen molar-refractivity contribution in [2.45, 2.75) is 0 Å². The number of nitrogens with two attached hydrogens (primary N) is 1. The van der Waals surface area contributed by atoms with Gasteiger partial charge in [0.25, 0.3) is 5.91 Å². The van der Waals surface area contributed by atoms with E-state index in [9.17, 15) is 4.79 Å². The van der Waals surface area contributed by atoms with Gasteiger partial charge in [0.05, 0.1) is 11.3 Å². The van der Waals surface area contributed by atoms with Crippen LogP contribution in [0.3, 0.4) is 0 Å². The number of nitrogens with zero attached hydrogens (tertiary/aromatic N) is 2. The lowest BCUT2D eigenvalue weighted by Gasteiger charge is -2.06. The summed E-state index contributed by atoms with van der Waals surface area (Å²) in [7, 11) is 0. The summed E-state index contributed by atoms with van der Waals surface area (Å²) in [5, 5.41) is 5.25. The van der Waals surface area contributed by atoms with E-state index in [1.807, 2.05) is 29.6 Å². The molecule has 0 aliphatic rings. The summed E-state index contributed by atoms with van der Waals surface area (Å²) in [5.41, 5.74) is 8.57. The average Bonchev–Trinajstić information content (AvgIpc) is 2.95. The second kappa shape index (κ2) is 5.72. The van der Waals surface area contributed by atoms with Crippen LogP contribution in [0.4, 0.5) is 10.8 Å². The Hall–Kier alpha value is -2.73. The van der Waals surface area contributed by atoms with E-state index in [1.54, 1.807) is 18.3 Å². The molecule has 0 unspecified atom stereocenters. The maximum absolute atomic E-state index is 12.1. The van der Waals surface area contributed by atoms with Crippen LogP contribution in [-0.2, 0) is 0 Å². The third-order valence-electron chi connectivity index (χ3n) is 2.86. The van der Waals surface area contributed by atoms with Gasteiger partial charge in [0, 0.05) is 29.0 Å². The molecule has 2 heterocycles. The SMILES string of the molecule is Nc1nc(-c2cccc(NC(=O)c3cccnc3)c2)cs1. The number of carbonyl (C=O) groups is 1. The van der Waals surface area contributed by atoms with Gasteiger partial charge in [-0.2, -0.15) is 0 Å². The first-order valence-electron chi connectivity index (χ1n) is 6.25. The fourth-order valence-corrected chi connectivity index (χ4v) is 2.45. The van der Waals surface area contributed by atoms with Crippen LogP contribution in [-0.4, -0.2) is 15.9 Å². The van der Waals surface area contributed by atoms with Crippen molar-refractivity contribution in [3.05, 3.63) is 59.7 Å². The molecule has 1 amide bonds. The molecule has 3 N–H and O–H groups in total. The van der Waals surface area contributed by atoms with Gasteiger partial charge in [0.1, 0.15) is 0 Å². The maximum Gasteiger partial charge on any atom is 0.257 e. The average molecular weight is 296 g/mol. The number of aromatic nitrogens is 2. The first-order chi connectivity index (χ1) is 10.2. The molecular formula is C15H12N4OS. The van der Waals surface area contributed by atoms with Crippen LogP contribution in [0.2, 0.25) is 0 Å². The number of benzene rings is 1. The van der Waals surface area contributed by atoms with Crippen LogP contribution in [0.1, 0.15) is 10.4 Å². The van der Waals surface area contributed by atoms with Crippen molar-refractivity contribution in [3.8, 4) is 11.3 Å². The highest BCUT2D eigenvalue weighted by molar-refractivity contribution is 7.13. The van der Waals surface area contributed by atoms with E-state index in [0.29, 0.717) is 16.4 Å². The Kier molecular flexibility index (Phi) is 3.61. The van der Waals surface area contributed by atoms with Crippen LogP contribution < -0.4 is 11.1 Å². The number of nitrogens with one attached hydrogen (secondary N) is 1. The van der Waals surface area contributed by atoms with Crippen molar-refractivity contribution in [2.75, 3.05) is 11.1 Å². The summed E-state index contributed by atoms with van der Waals surface area (Å²) in [6, 6.07) is 10.9. The van der Waals surface area contributed by atoms with Gasteiger partial charge in [-0.3, -0.25) is 9.78 Å².